The van der Waals surface area contributed by atoms with Crippen LogP contribution in [0.1, 0.15) is 33.6 Å². The number of sulfone groups is 1. The van der Waals surface area contributed by atoms with Crippen LogP contribution in [0.4, 0.5) is 0 Å². The van der Waals surface area contributed by atoms with Gasteiger partial charge >= 0.3 is 0 Å². The molecule has 0 aliphatic heterocycles. The number of thioether (sulfide) groups is 1. The van der Waals surface area contributed by atoms with Crippen LogP contribution >= 0.6 is 11.8 Å². The smallest absolute Gasteiger partial charge is 0.151 e. The largest absolute Gasteiger partial charge is 0.313 e. The molecule has 0 rings (SSSR count). The van der Waals surface area contributed by atoms with E-state index in [1.54, 1.807) is 0 Å². The molecule has 0 saturated carbocycles. The quantitative estimate of drug-likeness (QED) is 0.614. The van der Waals surface area contributed by atoms with E-state index in [0.717, 1.165) is 17.9 Å². The number of hydrogen-bond acceptors (Lipinski definition) is 4. The molecule has 0 saturated heterocycles. The molecule has 0 aromatic rings. The van der Waals surface area contributed by atoms with Crippen LogP contribution in [-0.2, 0) is 9.84 Å². The second-order valence-electron chi connectivity index (χ2n) is 3.99. The van der Waals surface area contributed by atoms with Gasteiger partial charge in [0.25, 0.3) is 0 Å². The SMILES string of the molecule is CCCS(=O)(=O)CCNC(C)CCSCC. The van der Waals surface area contributed by atoms with E-state index in [0.29, 0.717) is 24.8 Å². The maximum Gasteiger partial charge on any atom is 0.151 e. The van der Waals surface area contributed by atoms with Crippen LogP contribution in [0.2, 0.25) is 0 Å². The fraction of sp³-hybridized carbons (Fsp3) is 1.00. The first kappa shape index (κ1) is 16.3. The van der Waals surface area contributed by atoms with Gasteiger partial charge < -0.3 is 5.32 Å². The lowest BCUT2D eigenvalue weighted by molar-refractivity contribution is 0.547. The molecule has 0 aliphatic carbocycles. The highest BCUT2D eigenvalue weighted by atomic mass is 32.2. The molecule has 0 aromatic heterocycles. The lowest BCUT2D eigenvalue weighted by atomic mass is 10.3. The average molecular weight is 267 g/mol. The second kappa shape index (κ2) is 9.31. The number of hydrogen-bond donors (Lipinski definition) is 1. The van der Waals surface area contributed by atoms with Crippen molar-refractivity contribution in [2.24, 2.45) is 0 Å². The first-order valence-electron chi connectivity index (χ1n) is 6.03. The monoisotopic (exact) mass is 267 g/mol. The van der Waals surface area contributed by atoms with E-state index in [-0.39, 0.29) is 5.75 Å². The minimum atomic E-state index is -2.82. The van der Waals surface area contributed by atoms with Crippen molar-refractivity contribution in [1.29, 1.82) is 0 Å². The van der Waals surface area contributed by atoms with Crippen LogP contribution in [0.15, 0.2) is 0 Å². The molecule has 98 valence electrons. The summed E-state index contributed by atoms with van der Waals surface area (Å²) in [4.78, 5) is 0. The molecule has 1 N–H and O–H groups in total. The Morgan fingerprint density at radius 1 is 1.25 bits per heavy atom. The highest BCUT2D eigenvalue weighted by molar-refractivity contribution is 7.99. The molecule has 0 bridgehead atoms. The third-order valence-electron chi connectivity index (χ3n) is 2.32. The van der Waals surface area contributed by atoms with E-state index in [1.165, 1.54) is 0 Å². The summed E-state index contributed by atoms with van der Waals surface area (Å²) in [5.74, 6) is 2.88. The summed E-state index contributed by atoms with van der Waals surface area (Å²) in [5, 5.41) is 3.26. The van der Waals surface area contributed by atoms with Gasteiger partial charge in [-0.15, -0.1) is 0 Å². The molecule has 16 heavy (non-hydrogen) atoms. The molecule has 5 heteroatoms. The summed E-state index contributed by atoms with van der Waals surface area (Å²) in [6, 6.07) is 0.413. The molecule has 0 fully saturated rings. The Bertz CT molecular complexity index is 253. The fourth-order valence-electron chi connectivity index (χ4n) is 1.38. The third-order valence-corrected chi connectivity index (χ3v) is 5.11. The van der Waals surface area contributed by atoms with Crippen LogP contribution in [0.3, 0.4) is 0 Å². The highest BCUT2D eigenvalue weighted by Gasteiger charge is 2.09. The molecule has 1 atom stereocenters. The third kappa shape index (κ3) is 9.48. The summed E-state index contributed by atoms with van der Waals surface area (Å²) < 4.78 is 22.9. The Morgan fingerprint density at radius 3 is 2.50 bits per heavy atom. The predicted octanol–water partition coefficient (Wildman–Crippen LogP) is 1.93. The molecule has 0 amide bonds. The van der Waals surface area contributed by atoms with Gasteiger partial charge in [0.05, 0.1) is 5.75 Å². The van der Waals surface area contributed by atoms with E-state index in [9.17, 15) is 8.42 Å². The maximum atomic E-state index is 11.4. The maximum absolute atomic E-state index is 11.4. The minimum absolute atomic E-state index is 0.270. The normalized spacial score (nSPS) is 13.9. The van der Waals surface area contributed by atoms with E-state index in [4.69, 9.17) is 0 Å². The van der Waals surface area contributed by atoms with Crippen molar-refractivity contribution in [3.63, 3.8) is 0 Å². The topological polar surface area (TPSA) is 46.2 Å². The Kier molecular flexibility index (Phi) is 9.46. The van der Waals surface area contributed by atoms with Crippen molar-refractivity contribution in [3.05, 3.63) is 0 Å². The molecule has 1 unspecified atom stereocenters. The lowest BCUT2D eigenvalue weighted by Gasteiger charge is -2.13. The minimum Gasteiger partial charge on any atom is -0.313 e. The van der Waals surface area contributed by atoms with Gasteiger partial charge in [-0.25, -0.2) is 8.42 Å². The summed E-state index contributed by atoms with van der Waals surface area (Å²) >= 11 is 1.93. The van der Waals surface area contributed by atoms with Gasteiger partial charge in [0, 0.05) is 18.3 Å². The van der Waals surface area contributed by atoms with Gasteiger partial charge in [0.2, 0.25) is 0 Å². The van der Waals surface area contributed by atoms with Crippen molar-refractivity contribution in [1.82, 2.24) is 5.32 Å². The average Bonchev–Trinajstić information content (AvgIpc) is 2.17. The van der Waals surface area contributed by atoms with Crippen molar-refractivity contribution < 1.29 is 8.42 Å². The van der Waals surface area contributed by atoms with Crippen molar-refractivity contribution in [2.45, 2.75) is 39.7 Å². The van der Waals surface area contributed by atoms with Crippen LogP contribution in [0.5, 0.6) is 0 Å². The Morgan fingerprint density at radius 2 is 1.94 bits per heavy atom. The first-order valence-corrected chi connectivity index (χ1v) is 9.01. The fourth-order valence-corrected chi connectivity index (χ4v) is 3.44. The molecule has 0 radical (unpaired) electrons. The summed E-state index contributed by atoms with van der Waals surface area (Å²) in [6.07, 6.45) is 1.82. The molecule has 0 aliphatic rings. The first-order chi connectivity index (χ1) is 7.52. The van der Waals surface area contributed by atoms with E-state index in [1.807, 2.05) is 18.7 Å². The second-order valence-corrected chi connectivity index (χ2v) is 7.69. The zero-order valence-electron chi connectivity index (χ0n) is 10.7. The number of nitrogens with one attached hydrogen (secondary N) is 1. The predicted molar refractivity (Wildman–Crippen MR) is 74.0 cm³/mol. The molecule has 0 spiro atoms. The van der Waals surface area contributed by atoms with Crippen molar-refractivity contribution >= 4 is 21.6 Å². The van der Waals surface area contributed by atoms with Gasteiger partial charge in [-0.05, 0) is 31.3 Å². The zero-order chi connectivity index (χ0) is 12.4. The molecular formula is C11H25NO2S2. The van der Waals surface area contributed by atoms with E-state index >= 15 is 0 Å². The molecule has 0 heterocycles. The highest BCUT2D eigenvalue weighted by Crippen LogP contribution is 2.03. The standard InChI is InChI=1S/C11H25NO2S2/c1-4-9-16(13,14)10-7-12-11(3)6-8-15-5-2/h11-12H,4-10H2,1-3H3. The van der Waals surface area contributed by atoms with E-state index in [2.05, 4.69) is 19.2 Å². The van der Waals surface area contributed by atoms with Gasteiger partial charge in [0.15, 0.2) is 9.84 Å². The van der Waals surface area contributed by atoms with Crippen LogP contribution in [-0.4, -0.2) is 44.0 Å². The van der Waals surface area contributed by atoms with Gasteiger partial charge in [-0.3, -0.25) is 0 Å². The van der Waals surface area contributed by atoms with Gasteiger partial charge in [-0.1, -0.05) is 13.8 Å². The Balaban J connectivity index is 3.57. The summed E-state index contributed by atoms with van der Waals surface area (Å²) in [5.41, 5.74) is 0. The molecular weight excluding hydrogens is 242 g/mol. The lowest BCUT2D eigenvalue weighted by Crippen LogP contribution is -2.32. The molecule has 3 nitrogen and oxygen atoms in total. The molecule has 0 aromatic carbocycles. The summed E-state index contributed by atoms with van der Waals surface area (Å²) in [7, 11) is -2.82. The van der Waals surface area contributed by atoms with Crippen LogP contribution in [0.25, 0.3) is 0 Å². The van der Waals surface area contributed by atoms with Crippen molar-refractivity contribution in [3.8, 4) is 0 Å². The van der Waals surface area contributed by atoms with Crippen LogP contribution in [0, 0.1) is 0 Å². The Labute approximate surface area is 105 Å². The number of rotatable bonds is 10. The van der Waals surface area contributed by atoms with E-state index < -0.39 is 9.84 Å². The zero-order valence-corrected chi connectivity index (χ0v) is 12.3. The van der Waals surface area contributed by atoms with Crippen LogP contribution < -0.4 is 5.32 Å². The van der Waals surface area contributed by atoms with Crippen molar-refractivity contribution in [2.75, 3.05) is 29.6 Å². The summed E-state index contributed by atoms with van der Waals surface area (Å²) in [6.45, 7) is 6.75. The van der Waals surface area contributed by atoms with Gasteiger partial charge in [-0.2, -0.15) is 11.8 Å². The van der Waals surface area contributed by atoms with Gasteiger partial charge in [0.1, 0.15) is 0 Å². The Hall–Kier alpha value is 0.260.